The van der Waals surface area contributed by atoms with Crippen LogP contribution in [0.15, 0.2) is 17.1 Å². The van der Waals surface area contributed by atoms with Crippen molar-refractivity contribution < 1.29 is 10.2 Å². The molecule has 0 atom stereocenters. The lowest BCUT2D eigenvalue weighted by atomic mass is 9.94. The molecule has 1 aromatic rings. The van der Waals surface area contributed by atoms with Crippen LogP contribution in [0.5, 0.6) is 0 Å². The number of anilines is 2. The number of hydrogen-bond acceptors (Lipinski definition) is 5. The van der Waals surface area contributed by atoms with Crippen LogP contribution in [0.25, 0.3) is 0 Å². The minimum atomic E-state index is -0.989. The van der Waals surface area contributed by atoms with Gasteiger partial charge in [-0.25, -0.2) is 0 Å². The number of benzene rings is 1. The van der Waals surface area contributed by atoms with Gasteiger partial charge in [0.2, 0.25) is 0 Å². The highest BCUT2D eigenvalue weighted by atomic mass is 16.3. The predicted molar refractivity (Wildman–Crippen MR) is 93.1 cm³/mol. The Morgan fingerprint density at radius 1 is 1.09 bits per heavy atom. The summed E-state index contributed by atoms with van der Waals surface area (Å²) in [5.74, 6) is 0. The highest BCUT2D eigenvalue weighted by molar-refractivity contribution is 5.89. The van der Waals surface area contributed by atoms with Crippen molar-refractivity contribution >= 4 is 17.6 Å². The van der Waals surface area contributed by atoms with E-state index >= 15 is 0 Å². The summed E-state index contributed by atoms with van der Waals surface area (Å²) in [7, 11) is 1.00. The lowest BCUT2D eigenvalue weighted by Crippen LogP contribution is -2.18. The number of aliphatic hydroxyl groups excluding tert-OH is 1. The highest BCUT2D eigenvalue weighted by Gasteiger charge is 2.20. The normalized spacial score (nSPS) is 16.4. The van der Waals surface area contributed by atoms with Gasteiger partial charge >= 0.3 is 0 Å². The van der Waals surface area contributed by atoms with Crippen LogP contribution in [0.3, 0.4) is 0 Å². The molecule has 0 amide bonds. The SMILES string of the molecule is CC(C)(O)c1cc(N)c(C=NC2CCCCC2)cc1N.CO. The molecule has 0 heterocycles. The van der Waals surface area contributed by atoms with E-state index in [2.05, 4.69) is 4.99 Å². The van der Waals surface area contributed by atoms with E-state index in [0.717, 1.165) is 25.5 Å². The van der Waals surface area contributed by atoms with E-state index in [1.165, 1.54) is 19.3 Å². The number of nitrogens with zero attached hydrogens (tertiary/aromatic N) is 1. The average molecular weight is 307 g/mol. The van der Waals surface area contributed by atoms with Gasteiger partial charge in [0, 0.05) is 41.9 Å². The van der Waals surface area contributed by atoms with Gasteiger partial charge in [0.25, 0.3) is 0 Å². The van der Waals surface area contributed by atoms with Crippen molar-refractivity contribution in [1.29, 1.82) is 0 Å². The monoisotopic (exact) mass is 307 g/mol. The third kappa shape index (κ3) is 5.00. The van der Waals surface area contributed by atoms with Gasteiger partial charge in [-0.2, -0.15) is 0 Å². The first-order valence-electron chi connectivity index (χ1n) is 7.77. The Bertz CT molecular complexity index is 501. The second-order valence-electron chi connectivity index (χ2n) is 6.20. The quantitative estimate of drug-likeness (QED) is 0.508. The highest BCUT2D eigenvalue weighted by Crippen LogP contribution is 2.29. The van der Waals surface area contributed by atoms with Gasteiger partial charge in [-0.15, -0.1) is 0 Å². The largest absolute Gasteiger partial charge is 0.400 e. The maximum absolute atomic E-state index is 10.0. The van der Waals surface area contributed by atoms with E-state index in [-0.39, 0.29) is 0 Å². The minimum Gasteiger partial charge on any atom is -0.400 e. The molecule has 0 spiro atoms. The Balaban J connectivity index is 0.00000116. The van der Waals surface area contributed by atoms with E-state index in [4.69, 9.17) is 16.6 Å². The number of aliphatic imine (C=N–C) groups is 1. The van der Waals surface area contributed by atoms with Crippen LogP contribution in [-0.4, -0.2) is 29.6 Å². The second kappa shape index (κ2) is 8.15. The third-order valence-corrected chi connectivity index (χ3v) is 3.91. The molecule has 5 nitrogen and oxygen atoms in total. The van der Waals surface area contributed by atoms with Gasteiger partial charge in [-0.05, 0) is 38.8 Å². The summed E-state index contributed by atoms with van der Waals surface area (Å²) in [5.41, 5.74) is 13.7. The second-order valence-corrected chi connectivity index (χ2v) is 6.20. The molecule has 0 saturated heterocycles. The summed E-state index contributed by atoms with van der Waals surface area (Å²) in [6, 6.07) is 3.96. The molecule has 22 heavy (non-hydrogen) atoms. The predicted octanol–water partition coefficient (Wildman–Crippen LogP) is 2.44. The summed E-state index contributed by atoms with van der Waals surface area (Å²) < 4.78 is 0. The summed E-state index contributed by atoms with van der Waals surface area (Å²) in [4.78, 5) is 4.62. The van der Waals surface area contributed by atoms with Crippen LogP contribution in [0.2, 0.25) is 0 Å². The topological polar surface area (TPSA) is 105 Å². The molecule has 0 aromatic heterocycles. The molecule has 1 saturated carbocycles. The lowest BCUT2D eigenvalue weighted by Gasteiger charge is -2.21. The van der Waals surface area contributed by atoms with E-state index in [1.54, 1.807) is 26.0 Å². The molecular formula is C17H29N3O2. The molecule has 1 aromatic carbocycles. The first-order chi connectivity index (χ1) is 10.4. The van der Waals surface area contributed by atoms with E-state index in [9.17, 15) is 5.11 Å². The smallest absolute Gasteiger partial charge is 0.0861 e. The standard InChI is InChI=1S/C16H25N3O.CH4O/c1-16(2,20)13-9-14(17)11(8-15(13)18)10-19-12-6-4-3-5-7-12;1-2/h8-10,12,20H,3-7,17-18H2,1-2H3;2H,1H3. The molecule has 2 rings (SSSR count). The van der Waals surface area contributed by atoms with E-state index in [0.29, 0.717) is 23.0 Å². The van der Waals surface area contributed by atoms with E-state index < -0.39 is 5.60 Å². The minimum absolute atomic E-state index is 0.415. The van der Waals surface area contributed by atoms with Crippen LogP contribution < -0.4 is 11.5 Å². The van der Waals surface area contributed by atoms with Crippen molar-refractivity contribution in [2.75, 3.05) is 18.6 Å². The number of nitrogens with two attached hydrogens (primary N) is 2. The van der Waals surface area contributed by atoms with Crippen molar-refractivity contribution in [3.05, 3.63) is 23.3 Å². The summed E-state index contributed by atoms with van der Waals surface area (Å²) in [6.07, 6.45) is 7.99. The Labute approximate surface area is 133 Å². The van der Waals surface area contributed by atoms with Crippen molar-refractivity contribution in [2.45, 2.75) is 57.6 Å². The maximum atomic E-state index is 10.0. The molecule has 5 heteroatoms. The first-order valence-corrected chi connectivity index (χ1v) is 7.77. The van der Waals surface area contributed by atoms with Crippen LogP contribution in [0, 0.1) is 0 Å². The summed E-state index contributed by atoms with van der Waals surface area (Å²) in [6.45, 7) is 3.40. The van der Waals surface area contributed by atoms with Crippen molar-refractivity contribution in [2.24, 2.45) is 4.99 Å². The fraction of sp³-hybridized carbons (Fsp3) is 0.588. The van der Waals surface area contributed by atoms with E-state index in [1.807, 2.05) is 6.21 Å². The number of rotatable bonds is 3. The van der Waals surface area contributed by atoms with Gasteiger partial charge < -0.3 is 21.7 Å². The molecule has 124 valence electrons. The van der Waals surface area contributed by atoms with Crippen molar-refractivity contribution in [1.82, 2.24) is 0 Å². The molecule has 1 aliphatic carbocycles. The molecule has 1 aliphatic rings. The fourth-order valence-corrected chi connectivity index (χ4v) is 2.71. The fourth-order valence-electron chi connectivity index (χ4n) is 2.71. The van der Waals surface area contributed by atoms with Gasteiger partial charge in [0.1, 0.15) is 0 Å². The Morgan fingerprint density at radius 3 is 2.23 bits per heavy atom. The van der Waals surface area contributed by atoms with Gasteiger partial charge in [-0.1, -0.05) is 19.3 Å². The maximum Gasteiger partial charge on any atom is 0.0861 e. The van der Waals surface area contributed by atoms with Gasteiger partial charge in [-0.3, -0.25) is 4.99 Å². The molecule has 0 aliphatic heterocycles. The summed E-state index contributed by atoms with van der Waals surface area (Å²) in [5, 5.41) is 17.0. The van der Waals surface area contributed by atoms with Crippen LogP contribution >= 0.6 is 0 Å². The van der Waals surface area contributed by atoms with Gasteiger partial charge in [0.05, 0.1) is 5.60 Å². The zero-order chi connectivity index (χ0) is 16.8. The molecule has 0 radical (unpaired) electrons. The number of aliphatic hydroxyl groups is 2. The Morgan fingerprint density at radius 2 is 1.68 bits per heavy atom. The molecule has 0 unspecified atom stereocenters. The van der Waals surface area contributed by atoms with Crippen LogP contribution in [-0.2, 0) is 5.60 Å². The number of nitrogen functional groups attached to an aromatic ring is 2. The molecule has 0 bridgehead atoms. The van der Waals surface area contributed by atoms with Crippen LogP contribution in [0.4, 0.5) is 11.4 Å². The molecular weight excluding hydrogens is 278 g/mol. The lowest BCUT2D eigenvalue weighted by molar-refractivity contribution is 0.0794. The zero-order valence-electron chi connectivity index (χ0n) is 13.8. The van der Waals surface area contributed by atoms with Crippen molar-refractivity contribution in [3.63, 3.8) is 0 Å². The number of hydrogen-bond donors (Lipinski definition) is 4. The van der Waals surface area contributed by atoms with Gasteiger partial charge in [0.15, 0.2) is 0 Å². The third-order valence-electron chi connectivity index (χ3n) is 3.91. The summed E-state index contributed by atoms with van der Waals surface area (Å²) >= 11 is 0. The first kappa shape index (κ1) is 18.5. The van der Waals surface area contributed by atoms with Crippen molar-refractivity contribution in [3.8, 4) is 0 Å². The van der Waals surface area contributed by atoms with Crippen LogP contribution in [0.1, 0.15) is 57.1 Å². The zero-order valence-corrected chi connectivity index (χ0v) is 13.8. The molecule has 6 N–H and O–H groups in total. The Hall–Kier alpha value is -1.59. The Kier molecular flexibility index (Phi) is 6.84. The molecule has 1 fully saturated rings. The average Bonchev–Trinajstić information content (AvgIpc) is 2.50.